The number of oxime groups is 1. The molecule has 0 aromatic heterocycles. The summed E-state index contributed by atoms with van der Waals surface area (Å²) in [6, 6.07) is 1.97. The molecule has 4 nitrogen and oxygen atoms in total. The molecule has 0 unspecified atom stereocenters. The van der Waals surface area contributed by atoms with E-state index in [1.807, 2.05) is 0 Å². The van der Waals surface area contributed by atoms with Gasteiger partial charge < -0.3 is 16.3 Å². The van der Waals surface area contributed by atoms with Gasteiger partial charge in [-0.3, -0.25) is 0 Å². The molecule has 1 rings (SSSR count). The van der Waals surface area contributed by atoms with Gasteiger partial charge >= 0.3 is 0 Å². The lowest BCUT2D eigenvalue weighted by molar-refractivity contribution is 0.317. The number of halogens is 3. The van der Waals surface area contributed by atoms with Gasteiger partial charge in [-0.1, -0.05) is 5.16 Å². The van der Waals surface area contributed by atoms with Crippen LogP contribution in [0.3, 0.4) is 0 Å². The van der Waals surface area contributed by atoms with Crippen molar-refractivity contribution in [3.63, 3.8) is 0 Å². The maximum absolute atomic E-state index is 13.1. The standard InChI is InChI=1S/C8H8BrF2N3O/c9-4-1-7(6(11)2-5(4)10)13-3-8(12)14-15/h1-2,13,15H,3H2,(H2,12,14). The maximum Gasteiger partial charge on any atom is 0.158 e. The molecular weight excluding hydrogens is 272 g/mol. The Bertz CT molecular complexity index is 398. The first-order valence-corrected chi connectivity index (χ1v) is 4.68. The Labute approximate surface area is 92.9 Å². The summed E-state index contributed by atoms with van der Waals surface area (Å²) in [7, 11) is 0. The van der Waals surface area contributed by atoms with Crippen molar-refractivity contribution in [3.8, 4) is 0 Å². The molecule has 0 heterocycles. The monoisotopic (exact) mass is 279 g/mol. The van der Waals surface area contributed by atoms with Crippen LogP contribution in [-0.4, -0.2) is 17.6 Å². The Morgan fingerprint density at radius 2 is 2.13 bits per heavy atom. The topological polar surface area (TPSA) is 70.6 Å². The van der Waals surface area contributed by atoms with E-state index in [0.717, 1.165) is 6.07 Å². The minimum Gasteiger partial charge on any atom is -0.409 e. The fourth-order valence-corrected chi connectivity index (χ4v) is 1.22. The van der Waals surface area contributed by atoms with Crippen LogP contribution in [0, 0.1) is 11.6 Å². The average molecular weight is 280 g/mol. The van der Waals surface area contributed by atoms with Crippen molar-refractivity contribution in [2.24, 2.45) is 10.9 Å². The third-order valence-corrected chi connectivity index (χ3v) is 2.21. The zero-order valence-corrected chi connectivity index (χ0v) is 9.05. The summed E-state index contributed by atoms with van der Waals surface area (Å²) in [6.07, 6.45) is 0. The summed E-state index contributed by atoms with van der Waals surface area (Å²) >= 11 is 2.91. The van der Waals surface area contributed by atoms with Gasteiger partial charge in [0.1, 0.15) is 11.6 Å². The van der Waals surface area contributed by atoms with E-state index in [9.17, 15) is 8.78 Å². The Kier molecular flexibility index (Phi) is 3.84. The Morgan fingerprint density at radius 1 is 1.47 bits per heavy atom. The first-order valence-electron chi connectivity index (χ1n) is 3.89. The van der Waals surface area contributed by atoms with Crippen molar-refractivity contribution >= 4 is 27.5 Å². The first-order chi connectivity index (χ1) is 7.04. The first kappa shape index (κ1) is 11.7. The van der Waals surface area contributed by atoms with Crippen molar-refractivity contribution in [1.82, 2.24) is 0 Å². The van der Waals surface area contributed by atoms with Gasteiger partial charge in [0, 0.05) is 6.07 Å². The van der Waals surface area contributed by atoms with Gasteiger partial charge in [-0.2, -0.15) is 0 Å². The molecule has 1 aromatic carbocycles. The maximum atomic E-state index is 13.1. The number of nitrogens with zero attached hydrogens (tertiary/aromatic N) is 1. The van der Waals surface area contributed by atoms with Gasteiger partial charge in [0.05, 0.1) is 16.7 Å². The number of amidine groups is 1. The normalized spacial score (nSPS) is 11.5. The molecule has 0 saturated heterocycles. The lowest BCUT2D eigenvalue weighted by Gasteiger charge is -2.07. The van der Waals surface area contributed by atoms with Crippen molar-refractivity contribution in [2.75, 3.05) is 11.9 Å². The summed E-state index contributed by atoms with van der Waals surface area (Å²) in [6.45, 7) is -0.0362. The molecular formula is C8H8BrF2N3O. The number of nitrogens with one attached hydrogen (secondary N) is 1. The SMILES string of the molecule is N/C(CNc1cc(Br)c(F)cc1F)=N/O. The van der Waals surface area contributed by atoms with Crippen molar-refractivity contribution in [1.29, 1.82) is 0 Å². The van der Waals surface area contributed by atoms with Crippen LogP contribution >= 0.6 is 15.9 Å². The van der Waals surface area contributed by atoms with Crippen molar-refractivity contribution in [3.05, 3.63) is 28.2 Å². The second kappa shape index (κ2) is 4.92. The average Bonchev–Trinajstić information content (AvgIpc) is 2.21. The van der Waals surface area contributed by atoms with Gasteiger partial charge in [-0.15, -0.1) is 0 Å². The highest BCUT2D eigenvalue weighted by molar-refractivity contribution is 9.10. The lowest BCUT2D eigenvalue weighted by Crippen LogP contribution is -2.22. The summed E-state index contributed by atoms with van der Waals surface area (Å²) in [5.74, 6) is -1.54. The summed E-state index contributed by atoms with van der Waals surface area (Å²) in [5.41, 5.74) is 5.23. The fraction of sp³-hybridized carbons (Fsp3) is 0.125. The van der Waals surface area contributed by atoms with Crippen LogP contribution < -0.4 is 11.1 Å². The fourth-order valence-electron chi connectivity index (χ4n) is 0.879. The molecule has 4 N–H and O–H groups in total. The van der Waals surface area contributed by atoms with Crippen LogP contribution in [0.15, 0.2) is 21.8 Å². The third-order valence-electron chi connectivity index (χ3n) is 1.60. The van der Waals surface area contributed by atoms with E-state index in [1.165, 1.54) is 6.07 Å². The highest BCUT2D eigenvalue weighted by atomic mass is 79.9. The van der Waals surface area contributed by atoms with Gasteiger partial charge in [0.15, 0.2) is 5.84 Å². The van der Waals surface area contributed by atoms with Crippen LogP contribution in [0.5, 0.6) is 0 Å². The van der Waals surface area contributed by atoms with E-state index < -0.39 is 11.6 Å². The quantitative estimate of drug-likeness (QED) is 0.260. The molecule has 82 valence electrons. The largest absolute Gasteiger partial charge is 0.409 e. The smallest absolute Gasteiger partial charge is 0.158 e. The number of nitrogens with two attached hydrogens (primary N) is 1. The van der Waals surface area contributed by atoms with E-state index in [4.69, 9.17) is 10.9 Å². The highest BCUT2D eigenvalue weighted by Gasteiger charge is 2.07. The predicted molar refractivity (Wildman–Crippen MR) is 56.0 cm³/mol. The summed E-state index contributed by atoms with van der Waals surface area (Å²) in [5, 5.41) is 13.5. The molecule has 0 aliphatic heterocycles. The molecule has 0 bridgehead atoms. The predicted octanol–water partition coefficient (Wildman–Crippen LogP) is 1.89. The number of rotatable bonds is 3. The zero-order chi connectivity index (χ0) is 11.4. The van der Waals surface area contributed by atoms with Crippen molar-refractivity contribution in [2.45, 2.75) is 0 Å². The molecule has 0 aliphatic rings. The van der Waals surface area contributed by atoms with Crippen molar-refractivity contribution < 1.29 is 14.0 Å². The molecule has 1 aromatic rings. The highest BCUT2D eigenvalue weighted by Crippen LogP contribution is 2.23. The number of hydrogen-bond donors (Lipinski definition) is 3. The molecule has 0 radical (unpaired) electrons. The van der Waals surface area contributed by atoms with Gasteiger partial charge in [-0.05, 0) is 22.0 Å². The second-order valence-electron chi connectivity index (χ2n) is 2.69. The van der Waals surface area contributed by atoms with Crippen LogP contribution in [-0.2, 0) is 0 Å². The van der Waals surface area contributed by atoms with Crippen LogP contribution in [0.4, 0.5) is 14.5 Å². The van der Waals surface area contributed by atoms with Crippen LogP contribution in [0.1, 0.15) is 0 Å². The third kappa shape index (κ3) is 3.05. The van der Waals surface area contributed by atoms with Gasteiger partial charge in [-0.25, -0.2) is 8.78 Å². The van der Waals surface area contributed by atoms with Crippen LogP contribution in [0.2, 0.25) is 0 Å². The Morgan fingerprint density at radius 3 is 2.73 bits per heavy atom. The molecule has 0 amide bonds. The minimum atomic E-state index is -0.749. The molecule has 0 aliphatic carbocycles. The van der Waals surface area contributed by atoms with Gasteiger partial charge in [0.2, 0.25) is 0 Å². The Balaban J connectivity index is 2.82. The van der Waals surface area contributed by atoms with E-state index in [2.05, 4.69) is 26.4 Å². The number of anilines is 1. The lowest BCUT2D eigenvalue weighted by atomic mass is 10.3. The zero-order valence-electron chi connectivity index (χ0n) is 7.47. The molecule has 0 atom stereocenters. The van der Waals surface area contributed by atoms with E-state index in [-0.39, 0.29) is 22.5 Å². The molecule has 7 heteroatoms. The molecule has 0 spiro atoms. The minimum absolute atomic E-state index is 0.0362. The molecule has 0 fully saturated rings. The summed E-state index contributed by atoms with van der Waals surface area (Å²) in [4.78, 5) is 0. The van der Waals surface area contributed by atoms with Crippen LogP contribution in [0.25, 0.3) is 0 Å². The van der Waals surface area contributed by atoms with Gasteiger partial charge in [0.25, 0.3) is 0 Å². The molecule has 15 heavy (non-hydrogen) atoms. The van der Waals surface area contributed by atoms with E-state index in [0.29, 0.717) is 0 Å². The van der Waals surface area contributed by atoms with E-state index in [1.54, 1.807) is 0 Å². The number of benzene rings is 1. The number of hydrogen-bond acceptors (Lipinski definition) is 3. The van der Waals surface area contributed by atoms with E-state index >= 15 is 0 Å². The second-order valence-corrected chi connectivity index (χ2v) is 3.55. The Hall–Kier alpha value is -1.37. The summed E-state index contributed by atoms with van der Waals surface area (Å²) < 4.78 is 26.1. The molecule has 0 saturated carbocycles.